The van der Waals surface area contributed by atoms with Gasteiger partial charge in [0.15, 0.2) is 0 Å². The van der Waals surface area contributed by atoms with Crippen LogP contribution in [0.4, 0.5) is 0 Å². The first-order valence-corrected chi connectivity index (χ1v) is 10.7. The lowest BCUT2D eigenvalue weighted by Gasteiger charge is -2.31. The van der Waals surface area contributed by atoms with Gasteiger partial charge in [0.25, 0.3) is 5.91 Å². The third kappa shape index (κ3) is 4.13. The monoisotopic (exact) mass is 388 g/mol. The number of thioether (sulfide) groups is 1. The number of hydrogen-bond donors (Lipinski definition) is 0. The van der Waals surface area contributed by atoms with E-state index in [-0.39, 0.29) is 23.2 Å². The Morgan fingerprint density at radius 1 is 1.27 bits per heavy atom. The molecular weight excluding hydrogens is 364 g/mol. The topological polar surface area (TPSA) is 40.6 Å². The zero-order chi connectivity index (χ0) is 18.7. The van der Waals surface area contributed by atoms with Crippen molar-refractivity contribution in [3.05, 3.63) is 57.8 Å². The molecule has 0 bridgehead atoms. The Morgan fingerprint density at radius 3 is 2.62 bits per heavy atom. The number of amides is 2. The summed E-state index contributed by atoms with van der Waals surface area (Å²) in [5.41, 5.74) is 2.36. The second-order valence-electron chi connectivity index (χ2n) is 6.73. The van der Waals surface area contributed by atoms with E-state index in [2.05, 4.69) is 31.2 Å². The van der Waals surface area contributed by atoms with Crippen molar-refractivity contribution in [3.63, 3.8) is 0 Å². The maximum absolute atomic E-state index is 12.8. The van der Waals surface area contributed by atoms with E-state index >= 15 is 0 Å². The van der Waals surface area contributed by atoms with Crippen LogP contribution in [0.15, 0.2) is 41.8 Å². The van der Waals surface area contributed by atoms with Gasteiger partial charge >= 0.3 is 0 Å². The van der Waals surface area contributed by atoms with Crippen molar-refractivity contribution in [2.24, 2.45) is 0 Å². The summed E-state index contributed by atoms with van der Waals surface area (Å²) in [5, 5.41) is 1.95. The lowest BCUT2D eigenvalue weighted by Crippen LogP contribution is -2.43. The van der Waals surface area contributed by atoms with Crippen molar-refractivity contribution < 1.29 is 9.59 Å². The Kier molecular flexibility index (Phi) is 6.04. The van der Waals surface area contributed by atoms with Crippen LogP contribution in [-0.2, 0) is 4.79 Å². The van der Waals surface area contributed by atoms with Gasteiger partial charge in [-0.2, -0.15) is 0 Å². The van der Waals surface area contributed by atoms with Gasteiger partial charge in [0.1, 0.15) is 5.37 Å². The minimum atomic E-state index is 0.0361. The first-order valence-electron chi connectivity index (χ1n) is 8.79. The normalized spacial score (nSPS) is 17.2. The Morgan fingerprint density at radius 2 is 2.00 bits per heavy atom. The van der Waals surface area contributed by atoms with Gasteiger partial charge in [-0.3, -0.25) is 9.59 Å². The molecule has 138 valence electrons. The molecule has 3 rings (SSSR count). The molecule has 26 heavy (non-hydrogen) atoms. The molecular formula is C20H24N2O2S2. The average molecular weight is 389 g/mol. The molecule has 2 aromatic rings. The molecule has 0 saturated carbocycles. The van der Waals surface area contributed by atoms with Crippen LogP contribution in [0, 0.1) is 6.92 Å². The van der Waals surface area contributed by atoms with Crippen molar-refractivity contribution in [2.45, 2.75) is 32.2 Å². The van der Waals surface area contributed by atoms with Gasteiger partial charge in [0.05, 0.1) is 10.6 Å². The summed E-state index contributed by atoms with van der Waals surface area (Å²) >= 11 is 3.12. The summed E-state index contributed by atoms with van der Waals surface area (Å²) < 4.78 is 0. The van der Waals surface area contributed by atoms with Gasteiger partial charge in [-0.05, 0) is 37.8 Å². The number of nitrogens with zero attached hydrogens (tertiary/aromatic N) is 2. The van der Waals surface area contributed by atoms with Crippen LogP contribution in [0.25, 0.3) is 0 Å². The minimum absolute atomic E-state index is 0.0361. The van der Waals surface area contributed by atoms with Gasteiger partial charge in [-0.15, -0.1) is 23.1 Å². The third-order valence-electron chi connectivity index (χ3n) is 4.53. The van der Waals surface area contributed by atoms with Gasteiger partial charge < -0.3 is 9.80 Å². The van der Waals surface area contributed by atoms with E-state index in [9.17, 15) is 9.59 Å². The lowest BCUT2D eigenvalue weighted by molar-refractivity contribution is -0.128. The summed E-state index contributed by atoms with van der Waals surface area (Å²) in [6.07, 6.45) is 0. The summed E-state index contributed by atoms with van der Waals surface area (Å²) in [4.78, 5) is 29.7. The highest BCUT2D eigenvalue weighted by Crippen LogP contribution is 2.38. The summed E-state index contributed by atoms with van der Waals surface area (Å²) in [6, 6.07) is 12.2. The van der Waals surface area contributed by atoms with E-state index in [1.54, 1.807) is 11.8 Å². The van der Waals surface area contributed by atoms with Crippen molar-refractivity contribution in [2.75, 3.05) is 18.8 Å². The number of benzene rings is 1. The molecule has 1 fully saturated rings. The molecule has 1 aliphatic rings. The predicted molar refractivity (Wildman–Crippen MR) is 109 cm³/mol. The van der Waals surface area contributed by atoms with E-state index in [4.69, 9.17) is 0 Å². The number of thiophene rings is 1. The average Bonchev–Trinajstić information content (AvgIpc) is 3.26. The van der Waals surface area contributed by atoms with Gasteiger partial charge in [0.2, 0.25) is 5.91 Å². The lowest BCUT2D eigenvalue weighted by atomic mass is 10.1. The van der Waals surface area contributed by atoms with E-state index in [0.717, 1.165) is 10.4 Å². The van der Waals surface area contributed by atoms with Crippen LogP contribution in [0.2, 0.25) is 0 Å². The van der Waals surface area contributed by atoms with Crippen molar-refractivity contribution in [3.8, 4) is 0 Å². The molecule has 2 amide bonds. The van der Waals surface area contributed by atoms with Crippen LogP contribution in [0.1, 0.15) is 40.0 Å². The molecule has 0 radical (unpaired) electrons. The number of carbonyl (C=O) groups excluding carboxylic acids is 2. The second-order valence-corrected chi connectivity index (χ2v) is 8.75. The molecule has 6 heteroatoms. The molecule has 1 aliphatic heterocycles. The summed E-state index contributed by atoms with van der Waals surface area (Å²) in [7, 11) is 0. The van der Waals surface area contributed by atoms with Gasteiger partial charge in [-0.1, -0.05) is 35.9 Å². The van der Waals surface area contributed by atoms with Crippen LogP contribution in [0.3, 0.4) is 0 Å². The molecule has 0 aliphatic carbocycles. The number of hydrogen-bond acceptors (Lipinski definition) is 4. The number of carbonyl (C=O) groups is 2. The predicted octanol–water partition coefficient (Wildman–Crippen LogP) is 4.18. The highest BCUT2D eigenvalue weighted by Gasteiger charge is 2.33. The standard InChI is InChI=1S/C20H24N2O2S2/c1-14(2)21(19(24)17-5-4-12-25-17)10-11-22-18(23)13-26-20(22)16-8-6-15(3)7-9-16/h4-9,12,14,20H,10-11,13H2,1-3H3/t20-/m0/s1. The molecule has 1 aromatic carbocycles. The minimum Gasteiger partial charge on any atom is -0.334 e. The largest absolute Gasteiger partial charge is 0.334 e. The van der Waals surface area contributed by atoms with E-state index < -0.39 is 0 Å². The smallest absolute Gasteiger partial charge is 0.264 e. The van der Waals surface area contributed by atoms with Crippen molar-refractivity contribution in [1.82, 2.24) is 9.80 Å². The zero-order valence-electron chi connectivity index (χ0n) is 15.3. The third-order valence-corrected chi connectivity index (χ3v) is 6.64. The molecule has 1 atom stereocenters. The summed E-state index contributed by atoms with van der Waals surface area (Å²) in [6.45, 7) is 7.20. The summed E-state index contributed by atoms with van der Waals surface area (Å²) in [5.74, 6) is 0.688. The second kappa shape index (κ2) is 8.27. The molecule has 4 nitrogen and oxygen atoms in total. The Balaban J connectivity index is 1.71. The van der Waals surface area contributed by atoms with E-state index in [0.29, 0.717) is 18.8 Å². The Hall–Kier alpha value is -1.79. The molecule has 0 unspecified atom stereocenters. The van der Waals surface area contributed by atoms with Crippen LogP contribution in [0.5, 0.6) is 0 Å². The molecule has 2 heterocycles. The zero-order valence-corrected chi connectivity index (χ0v) is 17.0. The highest BCUT2D eigenvalue weighted by atomic mass is 32.2. The fourth-order valence-corrected chi connectivity index (χ4v) is 4.95. The van der Waals surface area contributed by atoms with Gasteiger partial charge in [0, 0.05) is 19.1 Å². The van der Waals surface area contributed by atoms with Crippen LogP contribution in [-0.4, -0.2) is 46.5 Å². The highest BCUT2D eigenvalue weighted by molar-refractivity contribution is 8.00. The van der Waals surface area contributed by atoms with Crippen LogP contribution < -0.4 is 0 Å². The fourth-order valence-electron chi connectivity index (χ4n) is 3.05. The van der Waals surface area contributed by atoms with Crippen molar-refractivity contribution >= 4 is 34.9 Å². The Labute approximate surface area is 163 Å². The molecule has 0 spiro atoms. The first kappa shape index (κ1) is 19.0. The maximum atomic E-state index is 12.8. The first-order chi connectivity index (χ1) is 12.5. The van der Waals surface area contributed by atoms with Crippen molar-refractivity contribution in [1.29, 1.82) is 0 Å². The Bertz CT molecular complexity index is 757. The number of aryl methyl sites for hydroxylation is 1. The maximum Gasteiger partial charge on any atom is 0.264 e. The number of rotatable bonds is 6. The van der Waals surface area contributed by atoms with E-state index in [1.165, 1.54) is 16.9 Å². The molecule has 1 aromatic heterocycles. The van der Waals surface area contributed by atoms with Crippen LogP contribution >= 0.6 is 23.1 Å². The van der Waals surface area contributed by atoms with Gasteiger partial charge in [-0.25, -0.2) is 0 Å². The van der Waals surface area contributed by atoms with E-state index in [1.807, 2.05) is 41.2 Å². The molecule has 0 N–H and O–H groups in total. The molecule has 1 saturated heterocycles. The quantitative estimate of drug-likeness (QED) is 0.745. The fraction of sp³-hybridized carbons (Fsp3) is 0.400. The SMILES string of the molecule is Cc1ccc([C@@H]2SCC(=O)N2CCN(C(=O)c2cccs2)C(C)C)cc1.